The first kappa shape index (κ1) is 13.3. The van der Waals surface area contributed by atoms with Crippen LogP contribution in [0, 0.1) is 5.92 Å². The molecule has 1 aromatic heterocycles. The Morgan fingerprint density at radius 2 is 1.86 bits per heavy atom. The van der Waals surface area contributed by atoms with E-state index >= 15 is 0 Å². The average Bonchev–Trinajstić information content (AvgIpc) is 2.56. The van der Waals surface area contributed by atoms with Crippen molar-refractivity contribution in [2.24, 2.45) is 0 Å². The zero-order valence-electron chi connectivity index (χ0n) is 11.4. The molecule has 1 heterocycles. The summed E-state index contributed by atoms with van der Waals surface area (Å²) in [4.78, 5) is 16.5. The van der Waals surface area contributed by atoms with Crippen LogP contribution in [-0.4, -0.2) is 10.8 Å². The van der Waals surface area contributed by atoms with Crippen molar-refractivity contribution in [2.75, 3.05) is 0 Å². The van der Waals surface area contributed by atoms with E-state index in [9.17, 15) is 4.79 Å². The molecule has 0 aliphatic heterocycles. The van der Waals surface area contributed by atoms with Crippen molar-refractivity contribution < 1.29 is 9.53 Å². The van der Waals surface area contributed by atoms with Gasteiger partial charge in [0.05, 0.1) is 5.92 Å². The first-order valence-electron chi connectivity index (χ1n) is 6.74. The predicted octanol–water partition coefficient (Wildman–Crippen LogP) is 3.76. The third-order valence-corrected chi connectivity index (χ3v) is 3.15. The van der Waals surface area contributed by atoms with Gasteiger partial charge in [-0.3, -0.25) is 4.79 Å². The second-order valence-electron chi connectivity index (χ2n) is 4.66. The van der Waals surface area contributed by atoms with Gasteiger partial charge in [0.15, 0.2) is 5.78 Å². The van der Waals surface area contributed by atoms with Crippen LogP contribution in [0.1, 0.15) is 16.8 Å². The fourth-order valence-corrected chi connectivity index (χ4v) is 2.12. The van der Waals surface area contributed by atoms with E-state index in [0.29, 0.717) is 17.9 Å². The van der Waals surface area contributed by atoms with Gasteiger partial charge in [0, 0.05) is 24.2 Å². The summed E-state index contributed by atoms with van der Waals surface area (Å²) < 4.78 is 5.70. The van der Waals surface area contributed by atoms with Gasteiger partial charge in [-0.15, -0.1) is 0 Å². The summed E-state index contributed by atoms with van der Waals surface area (Å²) in [5, 5.41) is 0. The van der Waals surface area contributed by atoms with Crippen molar-refractivity contribution >= 4 is 5.78 Å². The number of carbonyl (C=O) groups is 1. The van der Waals surface area contributed by atoms with Crippen molar-refractivity contribution in [3.8, 4) is 5.88 Å². The van der Waals surface area contributed by atoms with Gasteiger partial charge in [-0.05, 0) is 12.1 Å². The van der Waals surface area contributed by atoms with Crippen LogP contribution < -0.4 is 4.74 Å². The monoisotopic (exact) mass is 276 g/mol. The van der Waals surface area contributed by atoms with Crippen molar-refractivity contribution in [2.45, 2.75) is 6.42 Å². The van der Waals surface area contributed by atoms with Crippen molar-refractivity contribution in [1.29, 1.82) is 0 Å². The standard InChI is InChI=1S/C18H14NO2/c20-18(14-7-2-1-3-8-14)15-9-6-10-16(13-15)21-17-11-4-5-12-19-17/h1-12H,13H2. The number of ketones is 1. The van der Waals surface area contributed by atoms with Gasteiger partial charge in [-0.25, -0.2) is 4.98 Å². The molecular weight excluding hydrogens is 262 g/mol. The van der Waals surface area contributed by atoms with E-state index in [-0.39, 0.29) is 5.78 Å². The smallest absolute Gasteiger partial charge is 0.218 e. The zero-order valence-corrected chi connectivity index (χ0v) is 11.4. The lowest BCUT2D eigenvalue weighted by Gasteiger charge is -2.17. The third kappa shape index (κ3) is 3.26. The largest absolute Gasteiger partial charge is 0.443 e. The Morgan fingerprint density at radius 3 is 2.62 bits per heavy atom. The molecule has 0 fully saturated rings. The lowest BCUT2D eigenvalue weighted by atomic mass is 9.91. The molecule has 0 bridgehead atoms. The molecule has 0 unspecified atom stereocenters. The molecule has 0 saturated heterocycles. The number of carbonyl (C=O) groups excluding carboxylic acids is 1. The number of pyridine rings is 1. The van der Waals surface area contributed by atoms with E-state index in [0.717, 1.165) is 11.7 Å². The quantitative estimate of drug-likeness (QED) is 0.798. The first-order valence-corrected chi connectivity index (χ1v) is 6.74. The predicted molar refractivity (Wildman–Crippen MR) is 80.7 cm³/mol. The Balaban J connectivity index is 1.70. The van der Waals surface area contributed by atoms with E-state index in [4.69, 9.17) is 4.74 Å². The fraction of sp³-hybridized carbons (Fsp3) is 0.0556. The molecule has 2 aromatic rings. The van der Waals surface area contributed by atoms with Gasteiger partial charge in [0.2, 0.25) is 5.88 Å². The molecule has 103 valence electrons. The third-order valence-electron chi connectivity index (χ3n) is 3.15. The summed E-state index contributed by atoms with van der Waals surface area (Å²) in [6, 6.07) is 14.7. The SMILES string of the molecule is O=C([C]1C=CC=C(Oc2ccccn2)C1)c1ccccc1. The van der Waals surface area contributed by atoms with E-state index < -0.39 is 0 Å². The Hall–Kier alpha value is -2.68. The lowest BCUT2D eigenvalue weighted by molar-refractivity contribution is 0.101. The fourth-order valence-electron chi connectivity index (χ4n) is 2.12. The molecule has 3 nitrogen and oxygen atoms in total. The lowest BCUT2D eigenvalue weighted by Crippen LogP contribution is -2.15. The molecule has 0 amide bonds. The van der Waals surface area contributed by atoms with Crippen LogP contribution in [0.25, 0.3) is 0 Å². The second-order valence-corrected chi connectivity index (χ2v) is 4.66. The topological polar surface area (TPSA) is 39.2 Å². The van der Waals surface area contributed by atoms with Crippen molar-refractivity contribution in [3.05, 3.63) is 90.2 Å². The minimum Gasteiger partial charge on any atom is -0.443 e. The molecule has 21 heavy (non-hydrogen) atoms. The summed E-state index contributed by atoms with van der Waals surface area (Å²) in [6.07, 6.45) is 7.67. The van der Waals surface area contributed by atoms with Gasteiger partial charge in [0.1, 0.15) is 5.76 Å². The highest BCUT2D eigenvalue weighted by Gasteiger charge is 2.22. The summed E-state index contributed by atoms with van der Waals surface area (Å²) in [5.74, 6) is 2.00. The van der Waals surface area contributed by atoms with Crippen LogP contribution in [0.4, 0.5) is 0 Å². The number of aromatic nitrogens is 1. The van der Waals surface area contributed by atoms with Gasteiger partial charge < -0.3 is 4.74 Å². The molecule has 0 spiro atoms. The van der Waals surface area contributed by atoms with E-state index in [1.54, 1.807) is 12.3 Å². The van der Waals surface area contributed by atoms with E-state index in [1.807, 2.05) is 60.7 Å². The van der Waals surface area contributed by atoms with Crippen LogP contribution >= 0.6 is 0 Å². The highest BCUT2D eigenvalue weighted by atomic mass is 16.5. The highest BCUT2D eigenvalue weighted by Crippen LogP contribution is 2.26. The minimum atomic E-state index is 0.0297. The number of ether oxygens (including phenoxy) is 1. The number of rotatable bonds is 4. The van der Waals surface area contributed by atoms with Crippen LogP contribution in [-0.2, 0) is 0 Å². The maximum Gasteiger partial charge on any atom is 0.218 e. The maximum absolute atomic E-state index is 12.4. The van der Waals surface area contributed by atoms with E-state index in [2.05, 4.69) is 4.98 Å². The van der Waals surface area contributed by atoms with Crippen LogP contribution in [0.2, 0.25) is 0 Å². The molecule has 0 saturated carbocycles. The number of nitrogens with zero attached hydrogens (tertiary/aromatic N) is 1. The van der Waals surface area contributed by atoms with Crippen LogP contribution in [0.3, 0.4) is 0 Å². The highest BCUT2D eigenvalue weighted by molar-refractivity contribution is 6.08. The van der Waals surface area contributed by atoms with Crippen LogP contribution in [0.15, 0.2) is 78.7 Å². The Morgan fingerprint density at radius 1 is 1.05 bits per heavy atom. The molecule has 0 atom stereocenters. The summed E-state index contributed by atoms with van der Waals surface area (Å²) in [7, 11) is 0. The van der Waals surface area contributed by atoms with Gasteiger partial charge in [-0.1, -0.05) is 48.6 Å². The molecule has 1 aromatic carbocycles. The minimum absolute atomic E-state index is 0.0297. The number of hydrogen-bond donors (Lipinski definition) is 0. The molecular formula is C18H14NO2. The summed E-state index contributed by atoms with van der Waals surface area (Å²) in [6.45, 7) is 0. The first-order chi connectivity index (χ1) is 10.3. The molecule has 3 rings (SSSR count). The van der Waals surface area contributed by atoms with Crippen molar-refractivity contribution in [3.63, 3.8) is 0 Å². The molecule has 1 radical (unpaired) electrons. The zero-order chi connectivity index (χ0) is 14.5. The summed E-state index contributed by atoms with van der Waals surface area (Å²) in [5.41, 5.74) is 0.691. The molecule has 1 aliphatic rings. The summed E-state index contributed by atoms with van der Waals surface area (Å²) >= 11 is 0. The molecule has 3 heteroatoms. The number of allylic oxidation sites excluding steroid dienone is 4. The van der Waals surface area contributed by atoms with Gasteiger partial charge in [-0.2, -0.15) is 0 Å². The maximum atomic E-state index is 12.4. The van der Waals surface area contributed by atoms with Crippen LogP contribution in [0.5, 0.6) is 5.88 Å². The second kappa shape index (κ2) is 6.18. The Labute approximate surface area is 123 Å². The number of benzene rings is 1. The Kier molecular flexibility index (Phi) is 3.92. The molecule has 1 aliphatic carbocycles. The normalized spacial score (nSPS) is 14.6. The average molecular weight is 276 g/mol. The van der Waals surface area contributed by atoms with Gasteiger partial charge in [0.25, 0.3) is 0 Å². The van der Waals surface area contributed by atoms with Crippen molar-refractivity contribution in [1.82, 2.24) is 4.98 Å². The number of hydrogen-bond acceptors (Lipinski definition) is 3. The molecule has 0 N–H and O–H groups in total. The van der Waals surface area contributed by atoms with E-state index in [1.165, 1.54) is 0 Å². The Bertz CT molecular complexity index is 675. The number of Topliss-reactive ketones (excluding diaryl/α,β-unsaturated/α-hetero) is 1. The van der Waals surface area contributed by atoms with Gasteiger partial charge >= 0.3 is 0 Å².